The van der Waals surface area contributed by atoms with Gasteiger partial charge in [0, 0.05) is 25.6 Å². The van der Waals surface area contributed by atoms with Crippen LogP contribution < -0.4 is 0 Å². The Labute approximate surface area is 91.8 Å². The van der Waals surface area contributed by atoms with Crippen molar-refractivity contribution in [3.05, 3.63) is 0 Å². The van der Waals surface area contributed by atoms with E-state index in [0.717, 1.165) is 51.3 Å². The van der Waals surface area contributed by atoms with E-state index in [2.05, 4.69) is 4.90 Å². The van der Waals surface area contributed by atoms with Gasteiger partial charge in [-0.1, -0.05) is 0 Å². The number of carbonyl (C=O) groups is 1. The summed E-state index contributed by atoms with van der Waals surface area (Å²) in [6.07, 6.45) is 5.84. The Kier molecular flexibility index (Phi) is 4.15. The lowest BCUT2D eigenvalue weighted by atomic mass is 9.82. The summed E-state index contributed by atoms with van der Waals surface area (Å²) in [7, 11) is 0. The highest BCUT2D eigenvalue weighted by molar-refractivity contribution is 5.53. The van der Waals surface area contributed by atoms with Crippen molar-refractivity contribution in [2.75, 3.05) is 32.8 Å². The summed E-state index contributed by atoms with van der Waals surface area (Å²) in [5.74, 6) is 1.17. The number of nitrogens with zero attached hydrogens (tertiary/aromatic N) is 1. The van der Waals surface area contributed by atoms with Crippen LogP contribution >= 0.6 is 0 Å². The van der Waals surface area contributed by atoms with Crippen LogP contribution in [-0.2, 0) is 9.53 Å². The minimum atomic E-state index is 0.353. The molecule has 0 unspecified atom stereocenters. The van der Waals surface area contributed by atoms with E-state index < -0.39 is 0 Å². The van der Waals surface area contributed by atoms with Crippen LogP contribution in [-0.4, -0.2) is 44.0 Å². The summed E-state index contributed by atoms with van der Waals surface area (Å²) < 4.78 is 5.34. The van der Waals surface area contributed by atoms with Crippen LogP contribution in [0.4, 0.5) is 0 Å². The van der Waals surface area contributed by atoms with Gasteiger partial charge in [-0.05, 0) is 31.6 Å². The second-order valence-corrected chi connectivity index (χ2v) is 4.83. The average molecular weight is 211 g/mol. The van der Waals surface area contributed by atoms with Crippen LogP contribution in [0.1, 0.15) is 25.7 Å². The highest BCUT2D eigenvalue weighted by Gasteiger charge is 2.23. The van der Waals surface area contributed by atoms with Crippen LogP contribution in [0.25, 0.3) is 0 Å². The first-order chi connectivity index (χ1) is 7.38. The zero-order valence-corrected chi connectivity index (χ0v) is 9.36. The number of rotatable bonds is 3. The van der Waals surface area contributed by atoms with Crippen molar-refractivity contribution in [1.82, 2.24) is 4.90 Å². The summed E-state index contributed by atoms with van der Waals surface area (Å²) in [6, 6.07) is 0. The molecule has 0 radical (unpaired) electrons. The minimum Gasteiger partial charge on any atom is -0.379 e. The predicted molar refractivity (Wildman–Crippen MR) is 58.8 cm³/mol. The summed E-state index contributed by atoms with van der Waals surface area (Å²) >= 11 is 0. The molecule has 1 heterocycles. The molecule has 2 rings (SSSR count). The third kappa shape index (κ3) is 3.28. The highest BCUT2D eigenvalue weighted by Crippen LogP contribution is 2.28. The van der Waals surface area contributed by atoms with Gasteiger partial charge in [0.15, 0.2) is 0 Å². The molecule has 0 aromatic carbocycles. The third-order valence-corrected chi connectivity index (χ3v) is 3.70. The predicted octanol–water partition coefficient (Wildman–Crippen LogP) is 1.32. The van der Waals surface area contributed by atoms with Crippen LogP contribution in [0.5, 0.6) is 0 Å². The van der Waals surface area contributed by atoms with E-state index in [0.29, 0.717) is 5.92 Å². The fourth-order valence-corrected chi connectivity index (χ4v) is 2.66. The van der Waals surface area contributed by atoms with Crippen molar-refractivity contribution in [3.8, 4) is 0 Å². The SMILES string of the molecule is O=CC1CCC(CN2CCOCC2)CC1. The van der Waals surface area contributed by atoms with E-state index in [1.165, 1.54) is 19.4 Å². The molecule has 3 heteroatoms. The molecule has 1 aliphatic carbocycles. The standard InChI is InChI=1S/C12H21NO2/c14-10-12-3-1-11(2-4-12)9-13-5-7-15-8-6-13/h10-12H,1-9H2. The maximum atomic E-state index is 10.6. The van der Waals surface area contributed by atoms with Gasteiger partial charge in [-0.15, -0.1) is 0 Å². The number of aldehydes is 1. The van der Waals surface area contributed by atoms with Gasteiger partial charge in [0.1, 0.15) is 6.29 Å². The summed E-state index contributed by atoms with van der Waals surface area (Å²) in [6.45, 7) is 5.18. The first-order valence-electron chi connectivity index (χ1n) is 6.14. The number of carbonyl (C=O) groups excluding carboxylic acids is 1. The normalized spacial score (nSPS) is 33.9. The molecule has 0 amide bonds. The maximum absolute atomic E-state index is 10.6. The molecule has 0 bridgehead atoms. The topological polar surface area (TPSA) is 29.5 Å². The van der Waals surface area contributed by atoms with Crippen molar-refractivity contribution >= 4 is 6.29 Å². The minimum absolute atomic E-state index is 0.353. The van der Waals surface area contributed by atoms with Gasteiger partial charge >= 0.3 is 0 Å². The molecule has 15 heavy (non-hydrogen) atoms. The second kappa shape index (κ2) is 5.61. The monoisotopic (exact) mass is 211 g/mol. The average Bonchev–Trinajstić information content (AvgIpc) is 2.31. The Morgan fingerprint density at radius 2 is 1.80 bits per heavy atom. The molecule has 0 aromatic rings. The Morgan fingerprint density at radius 3 is 2.40 bits per heavy atom. The van der Waals surface area contributed by atoms with Gasteiger partial charge in [-0.3, -0.25) is 4.90 Å². The molecular formula is C12H21NO2. The van der Waals surface area contributed by atoms with Crippen molar-refractivity contribution < 1.29 is 9.53 Å². The zero-order chi connectivity index (χ0) is 10.5. The number of hydrogen-bond donors (Lipinski definition) is 0. The molecule has 3 nitrogen and oxygen atoms in total. The van der Waals surface area contributed by atoms with Crippen LogP contribution in [0, 0.1) is 11.8 Å². The van der Waals surface area contributed by atoms with E-state index in [4.69, 9.17) is 4.74 Å². The zero-order valence-electron chi connectivity index (χ0n) is 9.36. The third-order valence-electron chi connectivity index (χ3n) is 3.70. The number of morpholine rings is 1. The molecule has 0 N–H and O–H groups in total. The smallest absolute Gasteiger partial charge is 0.123 e. The summed E-state index contributed by atoms with van der Waals surface area (Å²) in [5, 5.41) is 0. The lowest BCUT2D eigenvalue weighted by molar-refractivity contribution is -0.112. The van der Waals surface area contributed by atoms with Crippen LogP contribution in [0.2, 0.25) is 0 Å². The van der Waals surface area contributed by atoms with Gasteiger partial charge in [-0.25, -0.2) is 0 Å². The number of hydrogen-bond acceptors (Lipinski definition) is 3. The highest BCUT2D eigenvalue weighted by atomic mass is 16.5. The van der Waals surface area contributed by atoms with E-state index in [1.54, 1.807) is 0 Å². The van der Waals surface area contributed by atoms with E-state index in [-0.39, 0.29) is 0 Å². The largest absolute Gasteiger partial charge is 0.379 e. The molecule has 0 aromatic heterocycles. The van der Waals surface area contributed by atoms with Crippen molar-refractivity contribution in [1.29, 1.82) is 0 Å². The summed E-state index contributed by atoms with van der Waals surface area (Å²) in [4.78, 5) is 13.1. The molecule has 1 aliphatic heterocycles. The van der Waals surface area contributed by atoms with Gasteiger partial charge in [0.2, 0.25) is 0 Å². The summed E-state index contributed by atoms with van der Waals surface area (Å²) in [5.41, 5.74) is 0. The molecule has 1 saturated carbocycles. The van der Waals surface area contributed by atoms with Gasteiger partial charge in [0.25, 0.3) is 0 Å². The Bertz CT molecular complexity index is 194. The molecule has 0 atom stereocenters. The Morgan fingerprint density at radius 1 is 1.13 bits per heavy atom. The first kappa shape index (κ1) is 11.1. The molecule has 0 spiro atoms. The lowest BCUT2D eigenvalue weighted by Gasteiger charge is -2.33. The number of ether oxygens (including phenoxy) is 1. The molecule has 86 valence electrons. The Balaban J connectivity index is 1.69. The fourth-order valence-electron chi connectivity index (χ4n) is 2.66. The van der Waals surface area contributed by atoms with Gasteiger partial charge in [-0.2, -0.15) is 0 Å². The van der Waals surface area contributed by atoms with E-state index in [9.17, 15) is 4.79 Å². The van der Waals surface area contributed by atoms with Crippen molar-refractivity contribution in [2.45, 2.75) is 25.7 Å². The van der Waals surface area contributed by atoms with Gasteiger partial charge < -0.3 is 9.53 Å². The maximum Gasteiger partial charge on any atom is 0.123 e. The van der Waals surface area contributed by atoms with E-state index in [1.807, 2.05) is 0 Å². The van der Waals surface area contributed by atoms with E-state index >= 15 is 0 Å². The molecule has 1 saturated heterocycles. The van der Waals surface area contributed by atoms with Crippen LogP contribution in [0.15, 0.2) is 0 Å². The second-order valence-electron chi connectivity index (χ2n) is 4.83. The molecule has 2 aliphatic rings. The van der Waals surface area contributed by atoms with Crippen molar-refractivity contribution in [3.63, 3.8) is 0 Å². The van der Waals surface area contributed by atoms with Gasteiger partial charge in [0.05, 0.1) is 13.2 Å². The quantitative estimate of drug-likeness (QED) is 0.659. The van der Waals surface area contributed by atoms with Crippen LogP contribution in [0.3, 0.4) is 0 Å². The fraction of sp³-hybridized carbons (Fsp3) is 0.917. The lowest BCUT2D eigenvalue weighted by Crippen LogP contribution is -2.40. The van der Waals surface area contributed by atoms with Crippen molar-refractivity contribution in [2.24, 2.45) is 11.8 Å². The Hall–Kier alpha value is -0.410. The first-order valence-corrected chi connectivity index (χ1v) is 6.14. The molecule has 2 fully saturated rings. The molecular weight excluding hydrogens is 190 g/mol.